The van der Waals surface area contributed by atoms with Crippen LogP contribution in [-0.4, -0.2) is 13.2 Å². The van der Waals surface area contributed by atoms with E-state index in [1.807, 2.05) is 0 Å². The maximum absolute atomic E-state index is 6.20. The Kier molecular flexibility index (Phi) is 24.6. The second kappa shape index (κ2) is 24.9. The van der Waals surface area contributed by atoms with Crippen molar-refractivity contribution in [2.24, 2.45) is 0 Å². The Hall–Kier alpha value is -0.400. The second-order valence-electron chi connectivity index (χ2n) is 10.2. The van der Waals surface area contributed by atoms with Gasteiger partial charge in [-0.15, -0.1) is 12.4 Å². The lowest BCUT2D eigenvalue weighted by Gasteiger charge is -2.21. The topological polar surface area (TPSA) is 18.5 Å². The summed E-state index contributed by atoms with van der Waals surface area (Å²) in [6, 6.07) is 4.41. The Balaban J connectivity index is 0.000000854. The molecule has 36 heavy (non-hydrogen) atoms. The van der Waals surface area contributed by atoms with Gasteiger partial charge in [-0.3, -0.25) is 0 Å². The van der Waals surface area contributed by atoms with E-state index in [0.29, 0.717) is 0 Å². The molecule has 0 amide bonds. The summed E-state index contributed by atoms with van der Waals surface area (Å²) in [5.74, 6) is 0. The van der Waals surface area contributed by atoms with Crippen LogP contribution in [0.3, 0.4) is 0 Å². The molecular weight excluding hydrogens is 483 g/mol. The summed E-state index contributed by atoms with van der Waals surface area (Å²) in [5, 5.41) is 1.26. The Labute approximate surface area is 232 Å². The molecule has 0 saturated heterocycles. The molecule has 0 aliphatic heterocycles. The highest BCUT2D eigenvalue weighted by Crippen LogP contribution is 2.39. The van der Waals surface area contributed by atoms with Crippen molar-refractivity contribution in [1.29, 1.82) is 0 Å². The highest BCUT2D eigenvalue weighted by Gasteiger charge is 2.18. The monoisotopic (exact) mass is 540 g/mol. The van der Waals surface area contributed by atoms with Gasteiger partial charge in [-0.1, -0.05) is 103 Å². The third-order valence-electron chi connectivity index (χ3n) is 7.05. The van der Waals surface area contributed by atoms with Crippen molar-refractivity contribution in [2.45, 2.75) is 144 Å². The summed E-state index contributed by atoms with van der Waals surface area (Å²) in [6.07, 6.45) is 27.4. The highest BCUT2D eigenvalue weighted by atomic mass is 35.5. The van der Waals surface area contributed by atoms with Gasteiger partial charge >= 0.3 is 0 Å². The maximum atomic E-state index is 6.20. The molecule has 0 fully saturated rings. The summed E-state index contributed by atoms with van der Waals surface area (Å²) >= 11 is 0. The maximum Gasteiger partial charge on any atom is 0.205 e. The first-order chi connectivity index (χ1) is 17.1. The van der Waals surface area contributed by atoms with Crippen LogP contribution in [0.5, 0.6) is 0 Å². The molecule has 4 heteroatoms. The van der Waals surface area contributed by atoms with E-state index in [0.717, 1.165) is 26.1 Å². The lowest BCUT2D eigenvalue weighted by atomic mass is 10.1. The lowest BCUT2D eigenvalue weighted by Crippen LogP contribution is -2.13. The minimum atomic E-state index is -0.947. The van der Waals surface area contributed by atoms with Gasteiger partial charge in [0.05, 0.1) is 13.2 Å². The molecule has 0 saturated carbocycles. The molecule has 0 unspecified atom stereocenters. The molecule has 0 bridgehead atoms. The van der Waals surface area contributed by atoms with Gasteiger partial charge in [0.25, 0.3) is 0 Å². The molecular formula is C32H58ClO2P. The third-order valence-corrected chi connectivity index (χ3v) is 8.76. The quantitative estimate of drug-likeness (QED) is 0.141. The van der Waals surface area contributed by atoms with Gasteiger partial charge in [0.1, 0.15) is 0 Å². The molecule has 2 rings (SSSR count). The molecule has 1 aromatic rings. The van der Waals surface area contributed by atoms with E-state index < -0.39 is 8.38 Å². The van der Waals surface area contributed by atoms with E-state index in [4.69, 9.17) is 9.05 Å². The summed E-state index contributed by atoms with van der Waals surface area (Å²) < 4.78 is 12.4. The highest BCUT2D eigenvalue weighted by molar-refractivity contribution is 7.56. The molecule has 0 radical (unpaired) electrons. The zero-order valence-corrected chi connectivity index (χ0v) is 26.1. The Morgan fingerprint density at radius 3 is 1.56 bits per heavy atom. The van der Waals surface area contributed by atoms with Crippen LogP contribution in [0.25, 0.3) is 0 Å². The van der Waals surface area contributed by atoms with Gasteiger partial charge in [0, 0.05) is 5.30 Å². The molecule has 210 valence electrons. The lowest BCUT2D eigenvalue weighted by molar-refractivity contribution is 0.247. The smallest absolute Gasteiger partial charge is 0.205 e. The number of halogens is 1. The van der Waals surface area contributed by atoms with E-state index in [1.54, 1.807) is 0 Å². The van der Waals surface area contributed by atoms with Gasteiger partial charge in [-0.05, 0) is 82.1 Å². The van der Waals surface area contributed by atoms with Gasteiger partial charge in [-0.2, -0.15) is 0 Å². The number of allylic oxidation sites excluding steroid dienone is 2. The third kappa shape index (κ3) is 17.2. The van der Waals surface area contributed by atoms with Crippen molar-refractivity contribution < 1.29 is 9.05 Å². The molecule has 0 heterocycles. The van der Waals surface area contributed by atoms with Crippen molar-refractivity contribution >= 4 is 26.1 Å². The fourth-order valence-electron chi connectivity index (χ4n) is 4.31. The molecule has 1 aliphatic rings. The molecule has 0 N–H and O–H groups in total. The van der Waals surface area contributed by atoms with Crippen LogP contribution >= 0.6 is 20.8 Å². The van der Waals surface area contributed by atoms with Crippen molar-refractivity contribution in [3.63, 3.8) is 0 Å². The summed E-state index contributed by atoms with van der Waals surface area (Å²) in [7, 11) is -0.947. The SMILES string of the molecule is C1=CCCCCCCCCC1.CCCCCCOP(OCCCCCC)c1ccc(C)c(C)c1C.Cl. The number of hydrogen-bond acceptors (Lipinski definition) is 2. The number of rotatable bonds is 13. The normalized spacial score (nSPS) is 14.5. The molecule has 2 nitrogen and oxygen atoms in total. The van der Waals surface area contributed by atoms with Crippen LogP contribution in [0.1, 0.15) is 140 Å². The molecule has 0 spiro atoms. The first kappa shape index (κ1) is 35.6. The van der Waals surface area contributed by atoms with Crippen LogP contribution in [0.4, 0.5) is 0 Å². The predicted octanol–water partition coefficient (Wildman–Crippen LogP) is 11.2. The van der Waals surface area contributed by atoms with Crippen molar-refractivity contribution in [1.82, 2.24) is 0 Å². The Morgan fingerprint density at radius 1 is 0.611 bits per heavy atom. The van der Waals surface area contributed by atoms with Crippen molar-refractivity contribution in [3.05, 3.63) is 41.0 Å². The van der Waals surface area contributed by atoms with E-state index in [-0.39, 0.29) is 12.4 Å². The van der Waals surface area contributed by atoms with Gasteiger partial charge in [-0.25, -0.2) is 0 Å². The van der Waals surface area contributed by atoms with E-state index >= 15 is 0 Å². The number of hydrogen-bond donors (Lipinski definition) is 0. The molecule has 1 aromatic carbocycles. The van der Waals surface area contributed by atoms with Gasteiger partial charge < -0.3 is 9.05 Å². The minimum Gasteiger partial charge on any atom is -0.331 e. The van der Waals surface area contributed by atoms with Crippen LogP contribution in [-0.2, 0) is 9.05 Å². The second-order valence-corrected chi connectivity index (χ2v) is 11.7. The van der Waals surface area contributed by atoms with Gasteiger partial charge in [0.2, 0.25) is 8.38 Å². The summed E-state index contributed by atoms with van der Waals surface area (Å²) in [5.41, 5.74) is 4.05. The first-order valence-electron chi connectivity index (χ1n) is 14.9. The average Bonchev–Trinajstić information content (AvgIpc) is 2.93. The number of benzene rings is 1. The Morgan fingerprint density at radius 2 is 1.08 bits per heavy atom. The van der Waals surface area contributed by atoms with Gasteiger partial charge in [0.15, 0.2) is 0 Å². The van der Waals surface area contributed by atoms with E-state index in [2.05, 4.69) is 58.9 Å². The largest absolute Gasteiger partial charge is 0.331 e. The van der Waals surface area contributed by atoms with E-state index in [1.165, 1.54) is 118 Å². The summed E-state index contributed by atoms with van der Waals surface area (Å²) in [4.78, 5) is 0. The molecule has 0 aromatic heterocycles. The van der Waals surface area contributed by atoms with Crippen LogP contribution in [0, 0.1) is 20.8 Å². The number of unbranched alkanes of at least 4 members (excludes halogenated alkanes) is 6. The number of aryl methyl sites for hydroxylation is 1. The predicted molar refractivity (Wildman–Crippen MR) is 165 cm³/mol. The molecule has 0 atom stereocenters. The van der Waals surface area contributed by atoms with E-state index in [9.17, 15) is 0 Å². The molecule has 1 aliphatic carbocycles. The van der Waals surface area contributed by atoms with Crippen LogP contribution < -0.4 is 5.30 Å². The van der Waals surface area contributed by atoms with Crippen molar-refractivity contribution in [2.75, 3.05) is 13.2 Å². The van der Waals surface area contributed by atoms with Crippen LogP contribution in [0.2, 0.25) is 0 Å². The zero-order chi connectivity index (χ0) is 25.6. The fourth-order valence-corrected chi connectivity index (χ4v) is 5.89. The summed E-state index contributed by atoms with van der Waals surface area (Å²) in [6.45, 7) is 12.7. The first-order valence-corrected chi connectivity index (χ1v) is 16.1. The minimum absolute atomic E-state index is 0. The fraction of sp³-hybridized carbons (Fsp3) is 0.750. The zero-order valence-electron chi connectivity index (χ0n) is 24.4. The standard InChI is InChI=1S/C21H37O2P.C11H20.ClH/c1-6-8-10-12-16-22-24(23-17-13-11-9-7-2)21-15-14-18(3)19(4)20(21)5;1-2-4-6-8-10-11-9-7-5-3-1;/h14-15H,6-13,16-17H2,1-5H3;1-2H,3-11H2;1H. The van der Waals surface area contributed by atoms with Crippen LogP contribution in [0.15, 0.2) is 24.3 Å². The Bertz CT molecular complexity index is 636. The average molecular weight is 541 g/mol. The van der Waals surface area contributed by atoms with Crippen molar-refractivity contribution in [3.8, 4) is 0 Å².